The first-order chi connectivity index (χ1) is 9.56. The van der Waals surface area contributed by atoms with E-state index in [1.54, 1.807) is 0 Å². The Kier molecular flexibility index (Phi) is 4.95. The molecule has 1 aromatic rings. The van der Waals surface area contributed by atoms with Crippen molar-refractivity contribution in [3.8, 4) is 0 Å². The molecule has 21 heavy (non-hydrogen) atoms. The second-order valence-corrected chi connectivity index (χ2v) is 6.62. The number of hydrogen-bond donors (Lipinski definition) is 1. The normalized spacial score (nSPS) is 30.0. The predicted molar refractivity (Wildman–Crippen MR) is 87.2 cm³/mol. The first-order valence-corrected chi connectivity index (χ1v) is 7.62. The zero-order valence-corrected chi connectivity index (χ0v) is 13.6. The van der Waals surface area contributed by atoms with E-state index in [4.69, 9.17) is 5.73 Å². The zero-order chi connectivity index (χ0) is 14.3. The second-order valence-electron chi connectivity index (χ2n) is 6.62. The van der Waals surface area contributed by atoms with Crippen molar-refractivity contribution in [2.45, 2.75) is 38.8 Å². The number of rotatable bonds is 3. The van der Waals surface area contributed by atoms with Crippen LogP contribution in [0.5, 0.6) is 0 Å². The molecule has 116 valence electrons. The highest BCUT2D eigenvalue weighted by molar-refractivity contribution is 5.85. The molecule has 3 rings (SSSR count). The summed E-state index contributed by atoms with van der Waals surface area (Å²) in [5, 5.41) is 0. The molecule has 0 aliphatic heterocycles. The molecule has 4 heteroatoms. The Balaban J connectivity index is 0.00000161. The number of amides is 1. The van der Waals surface area contributed by atoms with Gasteiger partial charge in [-0.2, -0.15) is 0 Å². The molecule has 0 radical (unpaired) electrons. The molecule has 0 aromatic heterocycles. The van der Waals surface area contributed by atoms with E-state index in [1.807, 2.05) is 18.0 Å². The van der Waals surface area contributed by atoms with E-state index in [1.165, 1.54) is 24.0 Å². The highest BCUT2D eigenvalue weighted by atomic mass is 35.5. The number of halogens is 1. The van der Waals surface area contributed by atoms with Gasteiger partial charge in [0, 0.05) is 19.6 Å². The largest absolute Gasteiger partial charge is 0.341 e. The fourth-order valence-electron chi connectivity index (χ4n) is 4.12. The van der Waals surface area contributed by atoms with Crippen LogP contribution >= 0.6 is 12.4 Å². The summed E-state index contributed by atoms with van der Waals surface area (Å²) in [5.74, 6) is 1.42. The molecule has 1 amide bonds. The quantitative estimate of drug-likeness (QED) is 0.933. The van der Waals surface area contributed by atoms with Crippen LogP contribution in [0.15, 0.2) is 24.3 Å². The van der Waals surface area contributed by atoms with Crippen LogP contribution in [0.4, 0.5) is 0 Å². The van der Waals surface area contributed by atoms with Gasteiger partial charge in [0.25, 0.3) is 0 Å². The lowest BCUT2D eigenvalue weighted by atomic mass is 9.84. The molecule has 2 N–H and O–H groups in total. The van der Waals surface area contributed by atoms with E-state index in [-0.39, 0.29) is 30.3 Å². The average molecular weight is 309 g/mol. The standard InChI is InChI=1S/C17H24N2O.ClH/c1-11-4-3-5-12(8-11)10-19(2)17(20)15-13-6-7-14(9-13)16(15)18;/h3-5,8,13-16H,6-7,9-10,18H2,1-2H3;1H. The van der Waals surface area contributed by atoms with Crippen LogP contribution < -0.4 is 5.73 Å². The summed E-state index contributed by atoms with van der Waals surface area (Å²) in [6, 6.07) is 8.44. The van der Waals surface area contributed by atoms with Gasteiger partial charge in [-0.25, -0.2) is 0 Å². The number of carbonyl (C=O) groups is 1. The van der Waals surface area contributed by atoms with Crippen LogP contribution in [-0.2, 0) is 11.3 Å². The molecule has 0 saturated heterocycles. The Morgan fingerprint density at radius 1 is 1.33 bits per heavy atom. The first-order valence-electron chi connectivity index (χ1n) is 7.62. The molecule has 2 aliphatic rings. The third-order valence-electron chi connectivity index (χ3n) is 5.14. The van der Waals surface area contributed by atoms with Crippen molar-refractivity contribution < 1.29 is 4.79 Å². The Morgan fingerprint density at radius 3 is 2.67 bits per heavy atom. The third kappa shape index (κ3) is 3.09. The number of hydrogen-bond acceptors (Lipinski definition) is 2. The second kappa shape index (κ2) is 6.37. The van der Waals surface area contributed by atoms with E-state index < -0.39 is 0 Å². The third-order valence-corrected chi connectivity index (χ3v) is 5.14. The lowest BCUT2D eigenvalue weighted by Gasteiger charge is -2.31. The summed E-state index contributed by atoms with van der Waals surface area (Å²) >= 11 is 0. The summed E-state index contributed by atoms with van der Waals surface area (Å²) in [5.41, 5.74) is 8.70. The minimum absolute atomic E-state index is 0. The fourth-order valence-corrected chi connectivity index (χ4v) is 4.12. The van der Waals surface area contributed by atoms with Gasteiger partial charge in [0.05, 0.1) is 5.92 Å². The highest BCUT2D eigenvalue weighted by Crippen LogP contribution is 2.48. The van der Waals surface area contributed by atoms with Crippen LogP contribution in [-0.4, -0.2) is 23.9 Å². The Hall–Kier alpha value is -1.06. The lowest BCUT2D eigenvalue weighted by Crippen LogP contribution is -2.45. The van der Waals surface area contributed by atoms with Crippen molar-refractivity contribution in [1.29, 1.82) is 0 Å². The van der Waals surface area contributed by atoms with E-state index in [2.05, 4.69) is 25.1 Å². The van der Waals surface area contributed by atoms with Crippen LogP contribution in [0.25, 0.3) is 0 Å². The lowest BCUT2D eigenvalue weighted by molar-refractivity contribution is -0.137. The molecule has 2 fully saturated rings. The molecular weight excluding hydrogens is 284 g/mol. The molecule has 4 unspecified atom stereocenters. The minimum atomic E-state index is 0. The van der Waals surface area contributed by atoms with Crippen molar-refractivity contribution in [1.82, 2.24) is 4.90 Å². The molecular formula is C17H25ClN2O. The van der Waals surface area contributed by atoms with Gasteiger partial charge in [0.15, 0.2) is 0 Å². The molecule has 0 heterocycles. The SMILES string of the molecule is Cc1cccc(CN(C)C(=O)C2C3CCC(C3)C2N)c1.Cl. The maximum absolute atomic E-state index is 12.7. The number of benzene rings is 1. The van der Waals surface area contributed by atoms with E-state index in [9.17, 15) is 4.79 Å². The summed E-state index contributed by atoms with van der Waals surface area (Å²) in [6.07, 6.45) is 3.57. The number of nitrogens with zero attached hydrogens (tertiary/aromatic N) is 1. The number of carbonyl (C=O) groups excluding carboxylic acids is 1. The summed E-state index contributed by atoms with van der Waals surface area (Å²) in [6.45, 7) is 2.76. The summed E-state index contributed by atoms with van der Waals surface area (Å²) in [7, 11) is 1.91. The molecule has 2 saturated carbocycles. The van der Waals surface area contributed by atoms with E-state index in [0.29, 0.717) is 18.4 Å². The highest BCUT2D eigenvalue weighted by Gasteiger charge is 2.49. The molecule has 3 nitrogen and oxygen atoms in total. The molecule has 0 spiro atoms. The fraction of sp³-hybridized carbons (Fsp3) is 0.588. The van der Waals surface area contributed by atoms with Crippen molar-refractivity contribution in [3.63, 3.8) is 0 Å². The van der Waals surface area contributed by atoms with Crippen LogP contribution in [0.2, 0.25) is 0 Å². The Bertz CT molecular complexity index is 517. The maximum Gasteiger partial charge on any atom is 0.227 e. The topological polar surface area (TPSA) is 46.3 Å². The van der Waals surface area contributed by atoms with Gasteiger partial charge in [-0.05, 0) is 43.6 Å². The average Bonchev–Trinajstić information content (AvgIpc) is 2.98. The minimum Gasteiger partial charge on any atom is -0.341 e. The van der Waals surface area contributed by atoms with Gasteiger partial charge in [-0.15, -0.1) is 12.4 Å². The molecule has 1 aromatic carbocycles. The van der Waals surface area contributed by atoms with Gasteiger partial charge in [-0.3, -0.25) is 4.79 Å². The van der Waals surface area contributed by atoms with Gasteiger partial charge >= 0.3 is 0 Å². The van der Waals surface area contributed by atoms with Crippen molar-refractivity contribution in [3.05, 3.63) is 35.4 Å². The Morgan fingerprint density at radius 2 is 2.05 bits per heavy atom. The smallest absolute Gasteiger partial charge is 0.227 e. The zero-order valence-electron chi connectivity index (χ0n) is 12.8. The Labute approximate surface area is 133 Å². The number of nitrogens with two attached hydrogens (primary N) is 1. The first kappa shape index (κ1) is 16.3. The molecule has 2 aliphatic carbocycles. The monoisotopic (exact) mass is 308 g/mol. The molecule has 4 atom stereocenters. The van der Waals surface area contributed by atoms with Gasteiger partial charge in [0.2, 0.25) is 5.91 Å². The van der Waals surface area contributed by atoms with Crippen LogP contribution in [0.3, 0.4) is 0 Å². The van der Waals surface area contributed by atoms with Gasteiger partial charge < -0.3 is 10.6 Å². The maximum atomic E-state index is 12.7. The number of fused-ring (bicyclic) bond motifs is 2. The molecule has 2 bridgehead atoms. The predicted octanol–water partition coefficient (Wildman–Crippen LogP) is 2.75. The summed E-state index contributed by atoms with van der Waals surface area (Å²) in [4.78, 5) is 14.5. The number of aryl methyl sites for hydroxylation is 1. The van der Waals surface area contributed by atoms with Gasteiger partial charge in [-0.1, -0.05) is 29.8 Å². The summed E-state index contributed by atoms with van der Waals surface area (Å²) < 4.78 is 0. The van der Waals surface area contributed by atoms with E-state index in [0.717, 1.165) is 6.42 Å². The van der Waals surface area contributed by atoms with Crippen LogP contribution in [0.1, 0.15) is 30.4 Å². The van der Waals surface area contributed by atoms with Crippen molar-refractivity contribution in [2.24, 2.45) is 23.5 Å². The van der Waals surface area contributed by atoms with Gasteiger partial charge in [0.1, 0.15) is 0 Å². The van der Waals surface area contributed by atoms with Crippen molar-refractivity contribution >= 4 is 18.3 Å². The van der Waals surface area contributed by atoms with E-state index >= 15 is 0 Å². The van der Waals surface area contributed by atoms with Crippen molar-refractivity contribution in [2.75, 3.05) is 7.05 Å². The van der Waals surface area contributed by atoms with Crippen LogP contribution in [0, 0.1) is 24.7 Å².